The third kappa shape index (κ3) is 3.35. The van der Waals surface area contributed by atoms with E-state index in [0.29, 0.717) is 11.3 Å². The molecule has 0 amide bonds. The predicted molar refractivity (Wildman–Crippen MR) is 97.6 cm³/mol. The van der Waals surface area contributed by atoms with Gasteiger partial charge < -0.3 is 13.9 Å². The highest BCUT2D eigenvalue weighted by Crippen LogP contribution is 2.30. The number of hydrogen-bond acceptors (Lipinski definition) is 5. The zero-order valence-electron chi connectivity index (χ0n) is 15.1. The second-order valence-corrected chi connectivity index (χ2v) is 7.32. The van der Waals surface area contributed by atoms with Crippen molar-refractivity contribution in [2.75, 3.05) is 0 Å². The van der Waals surface area contributed by atoms with E-state index in [9.17, 15) is 9.59 Å². The van der Waals surface area contributed by atoms with Crippen molar-refractivity contribution in [1.82, 2.24) is 0 Å². The van der Waals surface area contributed by atoms with Crippen molar-refractivity contribution in [3.05, 3.63) is 39.7 Å². The van der Waals surface area contributed by atoms with Crippen LogP contribution in [0.15, 0.2) is 27.4 Å². The number of carbonyl (C=O) groups excluding carboxylic acids is 1. The van der Waals surface area contributed by atoms with E-state index in [-0.39, 0.29) is 17.7 Å². The van der Waals surface area contributed by atoms with Gasteiger partial charge in [0.05, 0.1) is 0 Å². The summed E-state index contributed by atoms with van der Waals surface area (Å²) in [6.07, 6.45) is 7.30. The Labute approximate surface area is 152 Å². The van der Waals surface area contributed by atoms with Crippen molar-refractivity contribution in [2.24, 2.45) is 0 Å². The van der Waals surface area contributed by atoms with Crippen LogP contribution in [0.25, 0.3) is 11.0 Å². The van der Waals surface area contributed by atoms with Gasteiger partial charge in [0.1, 0.15) is 17.4 Å². The van der Waals surface area contributed by atoms with Crippen molar-refractivity contribution in [3.63, 3.8) is 0 Å². The number of rotatable bonds is 4. The number of aryl methyl sites for hydroxylation is 1. The summed E-state index contributed by atoms with van der Waals surface area (Å²) in [6, 6.07) is 5.43. The van der Waals surface area contributed by atoms with E-state index in [1.807, 2.05) is 12.1 Å². The molecule has 1 saturated carbocycles. The second kappa shape index (κ2) is 7.14. The minimum Gasteiger partial charge on any atom is -0.479 e. The van der Waals surface area contributed by atoms with Crippen molar-refractivity contribution >= 4 is 16.9 Å². The van der Waals surface area contributed by atoms with Crippen LogP contribution in [0, 0.1) is 0 Å². The van der Waals surface area contributed by atoms with Crippen LogP contribution in [0.4, 0.5) is 0 Å². The molecule has 1 heterocycles. The van der Waals surface area contributed by atoms with Crippen LogP contribution in [0.3, 0.4) is 0 Å². The van der Waals surface area contributed by atoms with Gasteiger partial charge in [0, 0.05) is 17.0 Å². The summed E-state index contributed by atoms with van der Waals surface area (Å²) in [6.45, 7) is 1.69. The first-order chi connectivity index (χ1) is 12.6. The third-order valence-corrected chi connectivity index (χ3v) is 5.42. The van der Waals surface area contributed by atoms with Gasteiger partial charge in [-0.2, -0.15) is 0 Å². The van der Waals surface area contributed by atoms with Gasteiger partial charge >= 0.3 is 11.6 Å². The van der Waals surface area contributed by atoms with Gasteiger partial charge in [-0.25, -0.2) is 9.59 Å². The Morgan fingerprint density at radius 2 is 1.88 bits per heavy atom. The first-order valence-corrected chi connectivity index (χ1v) is 9.57. The molecule has 2 aliphatic carbocycles. The van der Waals surface area contributed by atoms with E-state index >= 15 is 0 Å². The number of hydrogen-bond donors (Lipinski definition) is 0. The maximum atomic E-state index is 12.3. The third-order valence-electron chi connectivity index (χ3n) is 5.42. The minimum atomic E-state index is -0.699. The molecule has 4 rings (SSSR count). The number of ether oxygens (including phenoxy) is 2. The zero-order valence-corrected chi connectivity index (χ0v) is 15.1. The van der Waals surface area contributed by atoms with Crippen molar-refractivity contribution in [2.45, 2.75) is 70.5 Å². The molecule has 0 aliphatic heterocycles. The molecule has 1 aromatic carbocycles. The molecule has 0 bridgehead atoms. The summed E-state index contributed by atoms with van der Waals surface area (Å²) < 4.78 is 16.8. The lowest BCUT2D eigenvalue weighted by atomic mass is 9.98. The van der Waals surface area contributed by atoms with E-state index < -0.39 is 6.10 Å². The maximum absolute atomic E-state index is 12.3. The summed E-state index contributed by atoms with van der Waals surface area (Å²) in [5, 5.41) is 0.960. The molecule has 1 aromatic heterocycles. The van der Waals surface area contributed by atoms with Gasteiger partial charge in [0.25, 0.3) is 0 Å². The second-order valence-electron chi connectivity index (χ2n) is 7.32. The minimum absolute atomic E-state index is 0.0134. The number of benzene rings is 1. The van der Waals surface area contributed by atoms with E-state index in [0.717, 1.165) is 61.5 Å². The molecule has 1 atom stereocenters. The summed E-state index contributed by atoms with van der Waals surface area (Å²) in [4.78, 5) is 24.4. The maximum Gasteiger partial charge on any atom is 0.347 e. The summed E-state index contributed by atoms with van der Waals surface area (Å²) in [5.74, 6) is 0.166. The highest BCUT2D eigenvalue weighted by Gasteiger charge is 2.24. The number of fused-ring (bicyclic) bond motifs is 3. The average Bonchev–Trinajstić information content (AvgIpc) is 3.13. The number of esters is 1. The van der Waals surface area contributed by atoms with Crippen LogP contribution in [-0.4, -0.2) is 18.2 Å². The predicted octanol–water partition coefficient (Wildman–Crippen LogP) is 3.92. The molecule has 138 valence electrons. The Balaban J connectivity index is 1.49. The van der Waals surface area contributed by atoms with Crippen molar-refractivity contribution < 1.29 is 18.7 Å². The normalized spacial score (nSPS) is 18.5. The smallest absolute Gasteiger partial charge is 0.347 e. The van der Waals surface area contributed by atoms with E-state index in [2.05, 4.69) is 0 Å². The Morgan fingerprint density at radius 1 is 1.12 bits per heavy atom. The summed E-state index contributed by atoms with van der Waals surface area (Å²) in [5.41, 5.74) is 2.15. The molecule has 26 heavy (non-hydrogen) atoms. The van der Waals surface area contributed by atoms with Gasteiger partial charge in [-0.1, -0.05) is 6.42 Å². The molecule has 0 radical (unpaired) electrons. The highest BCUT2D eigenvalue weighted by atomic mass is 16.6. The summed E-state index contributed by atoms with van der Waals surface area (Å²) in [7, 11) is 0. The van der Waals surface area contributed by atoms with Gasteiger partial charge in [-0.05, 0) is 69.6 Å². The zero-order chi connectivity index (χ0) is 18.1. The molecular formula is C21H24O5. The molecule has 0 saturated heterocycles. The monoisotopic (exact) mass is 356 g/mol. The van der Waals surface area contributed by atoms with Crippen LogP contribution in [0.5, 0.6) is 5.75 Å². The van der Waals surface area contributed by atoms with E-state index in [4.69, 9.17) is 13.9 Å². The lowest BCUT2D eigenvalue weighted by Crippen LogP contribution is -2.31. The topological polar surface area (TPSA) is 65.7 Å². The number of carbonyl (C=O) groups is 1. The van der Waals surface area contributed by atoms with E-state index in [1.165, 1.54) is 6.42 Å². The van der Waals surface area contributed by atoms with Crippen molar-refractivity contribution in [3.8, 4) is 5.75 Å². The largest absolute Gasteiger partial charge is 0.479 e. The van der Waals surface area contributed by atoms with Gasteiger partial charge in [-0.3, -0.25) is 0 Å². The Morgan fingerprint density at radius 3 is 2.69 bits per heavy atom. The quantitative estimate of drug-likeness (QED) is 0.613. The highest BCUT2D eigenvalue weighted by molar-refractivity contribution is 5.83. The molecule has 0 spiro atoms. The molecule has 0 N–H and O–H groups in total. The Bertz CT molecular complexity index is 876. The first kappa shape index (κ1) is 17.1. The van der Waals surface area contributed by atoms with Crippen LogP contribution < -0.4 is 10.4 Å². The molecule has 5 nitrogen and oxygen atoms in total. The van der Waals surface area contributed by atoms with Crippen LogP contribution in [-0.2, 0) is 22.4 Å². The van der Waals surface area contributed by atoms with Gasteiger partial charge in [0.2, 0.25) is 0 Å². The van der Waals surface area contributed by atoms with Crippen molar-refractivity contribution in [1.29, 1.82) is 0 Å². The lowest BCUT2D eigenvalue weighted by Gasteiger charge is -2.23. The lowest BCUT2D eigenvalue weighted by molar-refractivity contribution is -0.158. The average molecular weight is 356 g/mol. The Kier molecular flexibility index (Phi) is 4.70. The van der Waals surface area contributed by atoms with Crippen LogP contribution in [0.2, 0.25) is 0 Å². The molecule has 5 heteroatoms. The van der Waals surface area contributed by atoms with Gasteiger partial charge in [-0.15, -0.1) is 0 Å². The van der Waals surface area contributed by atoms with E-state index in [1.54, 1.807) is 13.0 Å². The molecular weight excluding hydrogens is 332 g/mol. The summed E-state index contributed by atoms with van der Waals surface area (Å²) >= 11 is 0. The molecule has 2 aliphatic rings. The molecule has 1 unspecified atom stereocenters. The van der Waals surface area contributed by atoms with Crippen LogP contribution in [0.1, 0.15) is 56.6 Å². The first-order valence-electron chi connectivity index (χ1n) is 9.57. The molecule has 1 fully saturated rings. The Hall–Kier alpha value is -2.30. The SMILES string of the molecule is CC(Oc1ccc2c3c(c(=O)oc2c1)CCC3)C(=O)OC1CCCCC1. The fraction of sp³-hybridized carbons (Fsp3) is 0.524. The van der Waals surface area contributed by atoms with Gasteiger partial charge in [0.15, 0.2) is 6.10 Å². The fourth-order valence-corrected chi connectivity index (χ4v) is 4.03. The fourth-order valence-electron chi connectivity index (χ4n) is 4.03. The van der Waals surface area contributed by atoms with Crippen LogP contribution >= 0.6 is 0 Å². The standard InChI is InChI=1S/C21H24O5/c1-13(20(22)25-14-6-3-2-4-7-14)24-15-10-11-17-16-8-5-9-18(16)21(23)26-19(17)12-15/h10-14H,2-9H2,1H3. The molecule has 2 aromatic rings.